The summed E-state index contributed by atoms with van der Waals surface area (Å²) in [5.41, 5.74) is 1.68. The predicted octanol–water partition coefficient (Wildman–Crippen LogP) is 3.10. The third-order valence-corrected chi connectivity index (χ3v) is 6.06. The molecule has 1 aliphatic carbocycles. The number of ether oxygens (including phenoxy) is 1. The smallest absolute Gasteiger partial charge is 0.233 e. The normalized spacial score (nSPS) is 20.7. The van der Waals surface area contributed by atoms with Gasteiger partial charge in [0.05, 0.1) is 24.6 Å². The topological polar surface area (TPSA) is 88.6 Å². The van der Waals surface area contributed by atoms with E-state index in [1.54, 1.807) is 7.11 Å². The number of fused-ring (bicyclic) bond motifs is 1. The maximum absolute atomic E-state index is 12.4. The lowest BCUT2D eigenvalue weighted by atomic mass is 9.85. The molecule has 8 heteroatoms. The van der Waals surface area contributed by atoms with E-state index in [2.05, 4.69) is 10.3 Å². The maximum atomic E-state index is 12.4. The zero-order chi connectivity index (χ0) is 20.4. The zero-order valence-corrected chi connectivity index (χ0v) is 16.8. The molecule has 1 aromatic carbocycles. The molecule has 1 saturated heterocycles. The standard InChI is InChI=1S/C21H21N3O4S/c1-28-14-8-6-13(7-9-14)17-12-29-21(22-17)23-18(25)10-11-24-19(26)15-4-2-3-5-16(15)20(24)27/h2-3,6-9,12,15-16H,4-5,10-11H2,1H3,(H,22,23,25)/t15-,16-/m1/s1. The van der Waals surface area contributed by atoms with Gasteiger partial charge in [-0.05, 0) is 37.1 Å². The van der Waals surface area contributed by atoms with Gasteiger partial charge >= 0.3 is 0 Å². The van der Waals surface area contributed by atoms with Crippen molar-refractivity contribution in [3.05, 3.63) is 41.8 Å². The minimum atomic E-state index is -0.269. The van der Waals surface area contributed by atoms with Gasteiger partial charge in [-0.25, -0.2) is 4.98 Å². The highest BCUT2D eigenvalue weighted by atomic mass is 32.1. The van der Waals surface area contributed by atoms with E-state index in [0.717, 1.165) is 17.0 Å². The van der Waals surface area contributed by atoms with Crippen LogP contribution >= 0.6 is 11.3 Å². The molecule has 0 saturated carbocycles. The Morgan fingerprint density at radius 1 is 1.17 bits per heavy atom. The average Bonchev–Trinajstić information content (AvgIpc) is 3.30. The molecular formula is C21H21N3O4S. The summed E-state index contributed by atoms with van der Waals surface area (Å²) in [6.45, 7) is 0.104. The Balaban J connectivity index is 1.33. The lowest BCUT2D eigenvalue weighted by Crippen LogP contribution is -2.34. The van der Waals surface area contributed by atoms with Crippen molar-refractivity contribution >= 4 is 34.2 Å². The van der Waals surface area contributed by atoms with Crippen molar-refractivity contribution in [1.82, 2.24) is 9.88 Å². The number of nitrogens with zero attached hydrogens (tertiary/aromatic N) is 2. The summed E-state index contributed by atoms with van der Waals surface area (Å²) in [6.07, 6.45) is 5.16. The number of carbonyl (C=O) groups excluding carboxylic acids is 3. The molecule has 2 aromatic rings. The Kier molecular flexibility index (Phi) is 5.44. The summed E-state index contributed by atoms with van der Waals surface area (Å²) < 4.78 is 5.15. The average molecular weight is 411 g/mol. The van der Waals surface area contributed by atoms with Crippen LogP contribution in [0.2, 0.25) is 0 Å². The number of carbonyl (C=O) groups is 3. The summed E-state index contributed by atoms with van der Waals surface area (Å²) in [5.74, 6) is -0.349. The van der Waals surface area contributed by atoms with E-state index in [4.69, 9.17) is 4.74 Å². The first-order chi connectivity index (χ1) is 14.1. The minimum Gasteiger partial charge on any atom is -0.497 e. The molecule has 7 nitrogen and oxygen atoms in total. The van der Waals surface area contributed by atoms with Crippen LogP contribution in [-0.4, -0.2) is 41.3 Å². The molecule has 150 valence electrons. The molecular weight excluding hydrogens is 390 g/mol. The van der Waals surface area contributed by atoms with E-state index in [1.807, 2.05) is 41.8 Å². The van der Waals surface area contributed by atoms with Crippen molar-refractivity contribution in [1.29, 1.82) is 0 Å². The molecule has 0 bridgehead atoms. The van der Waals surface area contributed by atoms with Crippen LogP contribution in [0.1, 0.15) is 19.3 Å². The molecule has 4 rings (SSSR count). The van der Waals surface area contributed by atoms with E-state index < -0.39 is 0 Å². The number of hydrogen-bond donors (Lipinski definition) is 1. The molecule has 3 amide bonds. The number of allylic oxidation sites excluding steroid dienone is 2. The van der Waals surface area contributed by atoms with Crippen molar-refractivity contribution in [3.63, 3.8) is 0 Å². The molecule has 2 heterocycles. The number of nitrogens with one attached hydrogen (secondary N) is 1. The van der Waals surface area contributed by atoms with Gasteiger partial charge in [0.25, 0.3) is 0 Å². The SMILES string of the molecule is COc1ccc(-c2csc(NC(=O)CCN3C(=O)[C@@H]4CC=CC[C@H]4C3=O)n2)cc1. The number of benzene rings is 1. The first kappa shape index (κ1) is 19.3. The van der Waals surface area contributed by atoms with Crippen LogP contribution in [0.15, 0.2) is 41.8 Å². The highest BCUT2D eigenvalue weighted by Gasteiger charge is 2.46. The fraction of sp³-hybridized carbons (Fsp3) is 0.333. The molecule has 0 radical (unpaired) electrons. The largest absolute Gasteiger partial charge is 0.497 e. The van der Waals surface area contributed by atoms with E-state index >= 15 is 0 Å². The van der Waals surface area contributed by atoms with Crippen LogP contribution in [0, 0.1) is 11.8 Å². The van der Waals surface area contributed by atoms with Gasteiger partial charge in [-0.15, -0.1) is 11.3 Å². The molecule has 1 fully saturated rings. The van der Waals surface area contributed by atoms with E-state index in [-0.39, 0.29) is 42.5 Å². The lowest BCUT2D eigenvalue weighted by Gasteiger charge is -2.14. The second-order valence-electron chi connectivity index (χ2n) is 7.05. The molecule has 2 aliphatic rings. The number of hydrogen-bond acceptors (Lipinski definition) is 6. The van der Waals surface area contributed by atoms with Crippen molar-refractivity contribution in [2.45, 2.75) is 19.3 Å². The fourth-order valence-corrected chi connectivity index (χ4v) is 4.45. The Hall–Kier alpha value is -3.00. The number of likely N-dealkylation sites (tertiary alicyclic amines) is 1. The van der Waals surface area contributed by atoms with E-state index in [1.165, 1.54) is 16.2 Å². The maximum Gasteiger partial charge on any atom is 0.233 e. The van der Waals surface area contributed by atoms with E-state index in [9.17, 15) is 14.4 Å². The van der Waals surface area contributed by atoms with Crippen LogP contribution in [0.3, 0.4) is 0 Å². The second kappa shape index (κ2) is 8.16. The van der Waals surface area contributed by atoms with Gasteiger partial charge in [0.2, 0.25) is 17.7 Å². The van der Waals surface area contributed by atoms with Gasteiger partial charge in [-0.2, -0.15) is 0 Å². The van der Waals surface area contributed by atoms with Crippen LogP contribution in [0.25, 0.3) is 11.3 Å². The van der Waals surface area contributed by atoms with Crippen molar-refractivity contribution in [2.75, 3.05) is 19.0 Å². The highest BCUT2D eigenvalue weighted by Crippen LogP contribution is 2.35. The minimum absolute atomic E-state index is 0.0573. The Bertz CT molecular complexity index is 941. The fourth-order valence-electron chi connectivity index (χ4n) is 3.71. The summed E-state index contributed by atoms with van der Waals surface area (Å²) in [7, 11) is 1.61. The quantitative estimate of drug-likeness (QED) is 0.583. The van der Waals surface area contributed by atoms with Gasteiger partial charge in [0, 0.05) is 23.9 Å². The van der Waals surface area contributed by atoms with Crippen LogP contribution in [0.5, 0.6) is 5.75 Å². The monoisotopic (exact) mass is 411 g/mol. The molecule has 0 unspecified atom stereocenters. The highest BCUT2D eigenvalue weighted by molar-refractivity contribution is 7.14. The Labute approximate surface area is 172 Å². The summed E-state index contributed by atoms with van der Waals surface area (Å²) >= 11 is 1.33. The van der Waals surface area contributed by atoms with Gasteiger partial charge in [0.15, 0.2) is 5.13 Å². The van der Waals surface area contributed by atoms with Crippen LogP contribution < -0.4 is 10.1 Å². The number of aromatic nitrogens is 1. The number of anilines is 1. The number of amides is 3. The Morgan fingerprint density at radius 3 is 2.45 bits per heavy atom. The van der Waals surface area contributed by atoms with Crippen LogP contribution in [-0.2, 0) is 14.4 Å². The molecule has 1 N–H and O–H groups in total. The van der Waals surface area contributed by atoms with E-state index in [0.29, 0.717) is 18.0 Å². The van der Waals surface area contributed by atoms with Gasteiger partial charge < -0.3 is 10.1 Å². The van der Waals surface area contributed by atoms with Crippen molar-refractivity contribution in [3.8, 4) is 17.0 Å². The first-order valence-corrected chi connectivity index (χ1v) is 10.3. The zero-order valence-electron chi connectivity index (χ0n) is 16.0. The van der Waals surface area contributed by atoms with Gasteiger partial charge in [-0.1, -0.05) is 12.2 Å². The van der Waals surface area contributed by atoms with Crippen molar-refractivity contribution in [2.24, 2.45) is 11.8 Å². The predicted molar refractivity (Wildman–Crippen MR) is 109 cm³/mol. The number of imide groups is 1. The molecule has 1 aliphatic heterocycles. The summed E-state index contributed by atoms with van der Waals surface area (Å²) in [5, 5.41) is 5.10. The van der Waals surface area contributed by atoms with Gasteiger partial charge in [-0.3, -0.25) is 19.3 Å². The third-order valence-electron chi connectivity index (χ3n) is 5.30. The number of rotatable bonds is 6. The Morgan fingerprint density at radius 2 is 1.83 bits per heavy atom. The van der Waals surface area contributed by atoms with Crippen molar-refractivity contribution < 1.29 is 19.1 Å². The summed E-state index contributed by atoms with van der Waals surface area (Å²) in [4.78, 5) is 42.9. The molecule has 1 aromatic heterocycles. The molecule has 0 spiro atoms. The number of methoxy groups -OCH3 is 1. The second-order valence-corrected chi connectivity index (χ2v) is 7.91. The lowest BCUT2D eigenvalue weighted by molar-refractivity contribution is -0.140. The van der Waals surface area contributed by atoms with Gasteiger partial charge in [0.1, 0.15) is 5.75 Å². The molecule has 29 heavy (non-hydrogen) atoms. The third kappa shape index (κ3) is 3.93. The molecule has 2 atom stereocenters. The first-order valence-electron chi connectivity index (χ1n) is 9.47. The number of thiazole rings is 1. The summed E-state index contributed by atoms with van der Waals surface area (Å²) in [6, 6.07) is 7.50. The van der Waals surface area contributed by atoms with Crippen LogP contribution in [0.4, 0.5) is 5.13 Å².